The fraction of sp³-hybridized carbons (Fsp3) is 0.250. The summed E-state index contributed by atoms with van der Waals surface area (Å²) >= 11 is 2.75. The number of halogens is 4. The molecule has 0 fully saturated rings. The van der Waals surface area contributed by atoms with Crippen LogP contribution in [0.3, 0.4) is 0 Å². The van der Waals surface area contributed by atoms with Crippen LogP contribution in [0.15, 0.2) is 27.5 Å². The van der Waals surface area contributed by atoms with Crippen LogP contribution in [0, 0.1) is 0 Å². The zero-order chi connectivity index (χ0) is 14.4. The van der Waals surface area contributed by atoms with Crippen molar-refractivity contribution in [3.8, 4) is 0 Å². The van der Waals surface area contributed by atoms with Crippen molar-refractivity contribution in [2.75, 3.05) is 0 Å². The van der Waals surface area contributed by atoms with Gasteiger partial charge in [-0.25, -0.2) is 0 Å². The van der Waals surface area contributed by atoms with Gasteiger partial charge >= 0.3 is 6.18 Å². The second kappa shape index (κ2) is 4.64. The zero-order valence-electron chi connectivity index (χ0n) is 9.88. The van der Waals surface area contributed by atoms with Crippen molar-refractivity contribution < 1.29 is 13.2 Å². The van der Waals surface area contributed by atoms with Crippen LogP contribution in [0.25, 0.3) is 10.9 Å². The highest BCUT2D eigenvalue weighted by Gasteiger charge is 2.37. The number of hydrogen-bond acceptors (Lipinski definition) is 2. The van der Waals surface area contributed by atoms with Gasteiger partial charge in [0.1, 0.15) is 0 Å². The van der Waals surface area contributed by atoms with Gasteiger partial charge in [0.15, 0.2) is 0 Å². The van der Waals surface area contributed by atoms with Crippen molar-refractivity contribution in [1.29, 1.82) is 0 Å². The van der Waals surface area contributed by atoms with E-state index in [0.29, 0.717) is 5.56 Å². The first-order chi connectivity index (χ1) is 8.77. The summed E-state index contributed by atoms with van der Waals surface area (Å²) < 4.78 is 40.0. The average Bonchev–Trinajstić information content (AvgIpc) is 2.34. The highest BCUT2D eigenvalue weighted by atomic mass is 79.9. The number of pyridine rings is 1. The molecular weight excluding hydrogens is 325 g/mol. The van der Waals surface area contributed by atoms with E-state index in [-0.39, 0.29) is 17.4 Å². The van der Waals surface area contributed by atoms with Crippen LogP contribution < -0.4 is 11.3 Å². The van der Waals surface area contributed by atoms with Crippen LogP contribution >= 0.6 is 15.9 Å². The molecule has 1 heterocycles. The first kappa shape index (κ1) is 14.1. The second-order valence-corrected chi connectivity index (χ2v) is 4.90. The van der Waals surface area contributed by atoms with E-state index < -0.39 is 21.8 Å². The fourth-order valence-corrected chi connectivity index (χ4v) is 2.67. The Hall–Kier alpha value is -1.34. The summed E-state index contributed by atoms with van der Waals surface area (Å²) in [6.45, 7) is 0.133. The lowest BCUT2D eigenvalue weighted by Crippen LogP contribution is -2.23. The summed E-state index contributed by atoms with van der Waals surface area (Å²) in [5.74, 6) is 0. The molecule has 1 aromatic heterocycles. The fourth-order valence-electron chi connectivity index (χ4n) is 1.96. The van der Waals surface area contributed by atoms with Crippen molar-refractivity contribution in [3.05, 3.63) is 44.2 Å². The van der Waals surface area contributed by atoms with E-state index in [1.54, 1.807) is 6.07 Å². The maximum atomic E-state index is 13.1. The molecule has 102 valence electrons. The molecule has 0 unspecified atom stereocenters. The Bertz CT molecular complexity index is 707. The summed E-state index contributed by atoms with van der Waals surface area (Å²) in [4.78, 5) is 11.8. The zero-order valence-corrected chi connectivity index (χ0v) is 11.5. The number of benzene rings is 1. The predicted octanol–water partition coefficient (Wildman–Crippen LogP) is 2.78. The molecule has 0 saturated heterocycles. The molecule has 2 N–H and O–H groups in total. The summed E-state index contributed by atoms with van der Waals surface area (Å²) in [7, 11) is 1.43. The minimum Gasteiger partial charge on any atom is -0.326 e. The Labute approximate surface area is 115 Å². The SMILES string of the molecule is Cn1c(=O)c(Br)c(C(F)(F)F)c2cc(CN)ccc21. The molecule has 0 amide bonds. The monoisotopic (exact) mass is 334 g/mol. The van der Waals surface area contributed by atoms with Gasteiger partial charge in [-0.15, -0.1) is 0 Å². The molecule has 0 aliphatic rings. The lowest BCUT2D eigenvalue weighted by Gasteiger charge is -2.15. The molecule has 0 radical (unpaired) electrons. The van der Waals surface area contributed by atoms with E-state index in [0.717, 1.165) is 0 Å². The van der Waals surface area contributed by atoms with Crippen LogP contribution in [0.2, 0.25) is 0 Å². The van der Waals surface area contributed by atoms with E-state index in [1.807, 2.05) is 0 Å². The molecule has 19 heavy (non-hydrogen) atoms. The Morgan fingerprint density at radius 2 is 2.00 bits per heavy atom. The summed E-state index contributed by atoms with van der Waals surface area (Å²) in [5.41, 5.74) is 4.56. The molecule has 0 saturated carbocycles. The largest absolute Gasteiger partial charge is 0.418 e. The molecule has 2 rings (SSSR count). The van der Waals surface area contributed by atoms with E-state index in [2.05, 4.69) is 15.9 Å². The third kappa shape index (κ3) is 2.28. The molecule has 1 aromatic carbocycles. The number of rotatable bonds is 1. The molecule has 3 nitrogen and oxygen atoms in total. The minimum atomic E-state index is -4.61. The molecule has 7 heteroatoms. The summed E-state index contributed by atoms with van der Waals surface area (Å²) in [5, 5.41) is -0.0376. The van der Waals surface area contributed by atoms with Gasteiger partial charge < -0.3 is 10.3 Å². The maximum Gasteiger partial charge on any atom is 0.418 e. The van der Waals surface area contributed by atoms with Crippen molar-refractivity contribution in [2.45, 2.75) is 12.7 Å². The van der Waals surface area contributed by atoms with Crippen molar-refractivity contribution in [2.24, 2.45) is 12.8 Å². The van der Waals surface area contributed by atoms with E-state index in [1.165, 1.54) is 23.7 Å². The minimum absolute atomic E-state index is 0.0376. The molecule has 0 aliphatic carbocycles. The van der Waals surface area contributed by atoms with Crippen LogP contribution in [-0.4, -0.2) is 4.57 Å². The second-order valence-electron chi connectivity index (χ2n) is 4.11. The van der Waals surface area contributed by atoms with E-state index in [9.17, 15) is 18.0 Å². The predicted molar refractivity (Wildman–Crippen MR) is 69.8 cm³/mol. The number of fused-ring (bicyclic) bond motifs is 1. The number of hydrogen-bond donors (Lipinski definition) is 1. The van der Waals surface area contributed by atoms with Gasteiger partial charge in [0, 0.05) is 19.0 Å². The van der Waals surface area contributed by atoms with E-state index >= 15 is 0 Å². The Morgan fingerprint density at radius 1 is 1.37 bits per heavy atom. The molecular formula is C12H10BrF3N2O. The van der Waals surface area contributed by atoms with Crippen molar-refractivity contribution >= 4 is 26.8 Å². The van der Waals surface area contributed by atoms with E-state index in [4.69, 9.17) is 5.73 Å². The highest BCUT2D eigenvalue weighted by Crippen LogP contribution is 2.38. The quantitative estimate of drug-likeness (QED) is 0.871. The smallest absolute Gasteiger partial charge is 0.326 e. The third-order valence-electron chi connectivity index (χ3n) is 2.92. The van der Waals surface area contributed by atoms with Crippen LogP contribution in [-0.2, 0) is 19.8 Å². The van der Waals surface area contributed by atoms with Gasteiger partial charge in [0.2, 0.25) is 0 Å². The van der Waals surface area contributed by atoms with Crippen molar-refractivity contribution in [3.63, 3.8) is 0 Å². The van der Waals surface area contributed by atoms with Crippen LogP contribution in [0.5, 0.6) is 0 Å². The molecule has 2 aromatic rings. The number of aryl methyl sites for hydroxylation is 1. The normalized spacial score (nSPS) is 12.1. The van der Waals surface area contributed by atoms with Gasteiger partial charge in [-0.3, -0.25) is 4.79 Å². The van der Waals surface area contributed by atoms with Gasteiger partial charge in [0.25, 0.3) is 5.56 Å². The lowest BCUT2D eigenvalue weighted by molar-refractivity contribution is -0.137. The van der Waals surface area contributed by atoms with Gasteiger partial charge in [-0.05, 0) is 33.6 Å². The number of alkyl halides is 3. The Balaban J connectivity index is 3.03. The first-order valence-electron chi connectivity index (χ1n) is 5.35. The van der Waals surface area contributed by atoms with Gasteiger partial charge in [-0.1, -0.05) is 6.07 Å². The van der Waals surface area contributed by atoms with Crippen molar-refractivity contribution in [1.82, 2.24) is 4.57 Å². The molecule has 0 aliphatic heterocycles. The van der Waals surface area contributed by atoms with Crippen LogP contribution in [0.1, 0.15) is 11.1 Å². The third-order valence-corrected chi connectivity index (χ3v) is 3.66. The molecule has 0 atom stereocenters. The van der Waals surface area contributed by atoms with Gasteiger partial charge in [-0.2, -0.15) is 13.2 Å². The van der Waals surface area contributed by atoms with Gasteiger partial charge in [0.05, 0.1) is 15.6 Å². The lowest BCUT2D eigenvalue weighted by atomic mass is 10.1. The number of nitrogens with two attached hydrogens (primary N) is 1. The molecule has 0 spiro atoms. The van der Waals surface area contributed by atoms with Crippen LogP contribution in [0.4, 0.5) is 13.2 Å². The standard InChI is InChI=1S/C12H10BrF3N2O/c1-18-8-3-2-6(5-17)4-7(8)9(12(14,15)16)10(13)11(18)19/h2-4H,5,17H2,1H3. The maximum absolute atomic E-state index is 13.1. The highest BCUT2D eigenvalue weighted by molar-refractivity contribution is 9.10. The number of aromatic nitrogens is 1. The Morgan fingerprint density at radius 3 is 2.53 bits per heavy atom. The Kier molecular flexibility index (Phi) is 3.44. The summed E-state index contributed by atoms with van der Waals surface area (Å²) in [6.07, 6.45) is -4.61. The summed E-state index contributed by atoms with van der Waals surface area (Å²) in [6, 6.07) is 4.44. The average molecular weight is 335 g/mol. The first-order valence-corrected chi connectivity index (χ1v) is 6.15. The number of nitrogens with zero attached hydrogens (tertiary/aromatic N) is 1. The molecule has 0 bridgehead atoms. The topological polar surface area (TPSA) is 48.0 Å².